The molecule has 1 heterocycles. The summed E-state index contributed by atoms with van der Waals surface area (Å²) in [6.07, 6.45) is 4.00. The van der Waals surface area contributed by atoms with Crippen LogP contribution in [0.3, 0.4) is 0 Å². The van der Waals surface area contributed by atoms with Crippen LogP contribution in [0.15, 0.2) is 29.2 Å². The van der Waals surface area contributed by atoms with Crippen molar-refractivity contribution >= 4 is 15.8 Å². The molecule has 1 aliphatic carbocycles. The smallest absolute Gasteiger partial charge is 0.243 e. The summed E-state index contributed by atoms with van der Waals surface area (Å²) in [6, 6.07) is 6.95. The molecule has 0 aromatic heterocycles. The number of benzene rings is 1. The Kier molecular flexibility index (Phi) is 3.88. The first-order valence-corrected chi connectivity index (χ1v) is 9.06. The number of rotatable bonds is 3. The molecule has 0 amide bonds. The van der Waals surface area contributed by atoms with Gasteiger partial charge in [-0.2, -0.15) is 4.31 Å². The van der Waals surface area contributed by atoms with Gasteiger partial charge in [0.25, 0.3) is 0 Å². The van der Waals surface area contributed by atoms with Crippen molar-refractivity contribution in [1.29, 1.82) is 0 Å². The van der Waals surface area contributed by atoms with Gasteiger partial charge in [-0.05, 0) is 44.2 Å². The van der Waals surface area contributed by atoms with E-state index in [-0.39, 0.29) is 17.7 Å². The Balaban J connectivity index is 1.95. The van der Waals surface area contributed by atoms with E-state index in [0.717, 1.165) is 31.2 Å². The van der Waals surface area contributed by atoms with Crippen LogP contribution in [0.25, 0.3) is 0 Å². The number of aryl methyl sites for hydroxylation is 1. The van der Waals surface area contributed by atoms with Gasteiger partial charge in [0, 0.05) is 24.9 Å². The summed E-state index contributed by atoms with van der Waals surface area (Å²) in [5, 5.41) is 0. The summed E-state index contributed by atoms with van der Waals surface area (Å²) in [7, 11) is -3.50. The summed E-state index contributed by atoms with van der Waals surface area (Å²) >= 11 is 0. The second kappa shape index (κ2) is 5.54. The highest BCUT2D eigenvalue weighted by molar-refractivity contribution is 7.89. The first-order valence-electron chi connectivity index (χ1n) is 7.62. The predicted molar refractivity (Wildman–Crippen MR) is 80.4 cm³/mol. The first-order chi connectivity index (χ1) is 10.0. The second-order valence-corrected chi connectivity index (χ2v) is 7.91. The predicted octanol–water partition coefficient (Wildman–Crippen LogP) is 2.52. The Bertz CT molecular complexity index is 653. The minimum absolute atomic E-state index is 0.0914. The largest absolute Gasteiger partial charge is 0.299 e. The average Bonchev–Trinajstić information content (AvgIpc) is 3.07. The minimum atomic E-state index is -3.50. The Morgan fingerprint density at radius 2 is 1.90 bits per heavy atom. The van der Waals surface area contributed by atoms with Crippen molar-refractivity contribution in [1.82, 2.24) is 4.31 Å². The van der Waals surface area contributed by atoms with Crippen LogP contribution >= 0.6 is 0 Å². The molecule has 0 spiro atoms. The fourth-order valence-corrected chi connectivity index (χ4v) is 5.64. The van der Waals surface area contributed by atoms with Gasteiger partial charge in [0.15, 0.2) is 0 Å². The van der Waals surface area contributed by atoms with Crippen LogP contribution in [-0.2, 0) is 14.8 Å². The molecule has 2 unspecified atom stereocenters. The van der Waals surface area contributed by atoms with Crippen LogP contribution in [0.1, 0.15) is 37.7 Å². The molecule has 1 aromatic rings. The molecule has 1 saturated carbocycles. The molecule has 21 heavy (non-hydrogen) atoms. The van der Waals surface area contributed by atoms with E-state index in [9.17, 15) is 13.2 Å². The molecular formula is C16H21NO3S. The fourth-order valence-electron chi connectivity index (χ4n) is 3.69. The van der Waals surface area contributed by atoms with Gasteiger partial charge < -0.3 is 0 Å². The Labute approximate surface area is 126 Å². The quantitative estimate of drug-likeness (QED) is 0.862. The Morgan fingerprint density at radius 3 is 2.57 bits per heavy atom. The van der Waals surface area contributed by atoms with Gasteiger partial charge in [-0.3, -0.25) is 4.79 Å². The molecule has 1 aliphatic heterocycles. The molecule has 2 aliphatic rings. The van der Waals surface area contributed by atoms with E-state index in [1.54, 1.807) is 16.4 Å². The summed E-state index contributed by atoms with van der Waals surface area (Å²) in [5.74, 6) is 0.151. The highest BCUT2D eigenvalue weighted by atomic mass is 32.2. The van der Waals surface area contributed by atoms with E-state index in [4.69, 9.17) is 0 Å². The van der Waals surface area contributed by atoms with E-state index in [2.05, 4.69) is 0 Å². The van der Waals surface area contributed by atoms with Crippen molar-refractivity contribution < 1.29 is 13.2 Å². The van der Waals surface area contributed by atoms with Crippen LogP contribution in [0, 0.1) is 12.8 Å². The third-order valence-electron chi connectivity index (χ3n) is 4.74. The third kappa shape index (κ3) is 2.53. The maximum atomic E-state index is 12.9. The minimum Gasteiger partial charge on any atom is -0.299 e. The Morgan fingerprint density at radius 1 is 1.14 bits per heavy atom. The maximum absolute atomic E-state index is 12.9. The number of hydrogen-bond donors (Lipinski definition) is 0. The lowest BCUT2D eigenvalue weighted by Crippen LogP contribution is -2.41. The lowest BCUT2D eigenvalue weighted by molar-refractivity contribution is -0.121. The molecule has 3 rings (SSSR count). The molecule has 2 fully saturated rings. The molecule has 1 saturated heterocycles. The lowest BCUT2D eigenvalue weighted by Gasteiger charge is -2.28. The SMILES string of the molecule is Cc1ccccc1S(=O)(=O)N1CCCC1C1CCCC1=O. The molecule has 114 valence electrons. The average molecular weight is 307 g/mol. The normalized spacial score (nSPS) is 27.4. The number of carbonyl (C=O) groups excluding carboxylic acids is 1. The van der Waals surface area contributed by atoms with Gasteiger partial charge >= 0.3 is 0 Å². The number of nitrogens with zero attached hydrogens (tertiary/aromatic N) is 1. The molecular weight excluding hydrogens is 286 g/mol. The van der Waals surface area contributed by atoms with Crippen LogP contribution < -0.4 is 0 Å². The highest BCUT2D eigenvalue weighted by Crippen LogP contribution is 2.36. The van der Waals surface area contributed by atoms with Crippen LogP contribution in [0.4, 0.5) is 0 Å². The number of hydrogen-bond acceptors (Lipinski definition) is 3. The van der Waals surface area contributed by atoms with Crippen molar-refractivity contribution in [3.8, 4) is 0 Å². The van der Waals surface area contributed by atoms with Gasteiger partial charge in [0.2, 0.25) is 10.0 Å². The van der Waals surface area contributed by atoms with Crippen molar-refractivity contribution in [3.63, 3.8) is 0 Å². The molecule has 0 bridgehead atoms. The van der Waals surface area contributed by atoms with Crippen molar-refractivity contribution in [2.45, 2.75) is 50.0 Å². The van der Waals surface area contributed by atoms with Crippen LogP contribution in [-0.4, -0.2) is 31.1 Å². The number of sulfonamides is 1. The third-order valence-corrected chi connectivity index (χ3v) is 6.83. The summed E-state index contributed by atoms with van der Waals surface area (Å²) < 4.78 is 27.5. The van der Waals surface area contributed by atoms with Gasteiger partial charge in [0.1, 0.15) is 5.78 Å². The van der Waals surface area contributed by atoms with Gasteiger partial charge in [-0.15, -0.1) is 0 Å². The maximum Gasteiger partial charge on any atom is 0.243 e. The fraction of sp³-hybridized carbons (Fsp3) is 0.562. The van der Waals surface area contributed by atoms with Crippen molar-refractivity contribution in [3.05, 3.63) is 29.8 Å². The zero-order chi connectivity index (χ0) is 15.0. The van der Waals surface area contributed by atoms with E-state index in [1.165, 1.54) is 0 Å². The summed E-state index contributed by atoms with van der Waals surface area (Å²) in [6.45, 7) is 2.35. The van der Waals surface area contributed by atoms with E-state index in [1.807, 2.05) is 19.1 Å². The van der Waals surface area contributed by atoms with E-state index in [0.29, 0.717) is 17.9 Å². The zero-order valence-electron chi connectivity index (χ0n) is 12.3. The number of Topliss-reactive ketones (excluding diaryl/α,β-unsaturated/α-hetero) is 1. The van der Waals surface area contributed by atoms with E-state index < -0.39 is 10.0 Å². The molecule has 2 atom stereocenters. The zero-order valence-corrected chi connectivity index (χ0v) is 13.1. The monoisotopic (exact) mass is 307 g/mol. The second-order valence-electron chi connectivity index (χ2n) is 6.06. The topological polar surface area (TPSA) is 54.5 Å². The van der Waals surface area contributed by atoms with E-state index >= 15 is 0 Å². The molecule has 4 nitrogen and oxygen atoms in total. The van der Waals surface area contributed by atoms with Gasteiger partial charge in [-0.1, -0.05) is 18.2 Å². The highest BCUT2D eigenvalue weighted by Gasteiger charge is 2.43. The van der Waals surface area contributed by atoms with Gasteiger partial charge in [-0.25, -0.2) is 8.42 Å². The van der Waals surface area contributed by atoms with Gasteiger partial charge in [0.05, 0.1) is 4.90 Å². The van der Waals surface area contributed by atoms with Crippen LogP contribution in [0.5, 0.6) is 0 Å². The molecule has 5 heteroatoms. The number of carbonyl (C=O) groups is 1. The lowest BCUT2D eigenvalue weighted by atomic mass is 9.96. The first kappa shape index (κ1) is 14.7. The number of ketones is 1. The summed E-state index contributed by atoms with van der Waals surface area (Å²) in [5.41, 5.74) is 0.765. The van der Waals surface area contributed by atoms with Crippen LogP contribution in [0.2, 0.25) is 0 Å². The molecule has 0 radical (unpaired) electrons. The summed E-state index contributed by atoms with van der Waals surface area (Å²) in [4.78, 5) is 12.4. The van der Waals surface area contributed by atoms with Crippen molar-refractivity contribution in [2.75, 3.05) is 6.54 Å². The standard InChI is InChI=1S/C16H21NO3S/c1-12-6-2-3-10-16(12)21(19,20)17-11-5-8-14(17)13-7-4-9-15(13)18/h2-3,6,10,13-14H,4-5,7-9,11H2,1H3. The molecule has 1 aromatic carbocycles. The molecule has 0 N–H and O–H groups in total. The van der Waals surface area contributed by atoms with Crippen molar-refractivity contribution in [2.24, 2.45) is 5.92 Å². The Hall–Kier alpha value is -1.20.